The third kappa shape index (κ3) is 13.4. The molecule has 0 aliphatic carbocycles. The molecule has 0 fully saturated rings. The van der Waals surface area contributed by atoms with Crippen LogP contribution in [0.5, 0.6) is 0 Å². The Morgan fingerprint density at radius 1 is 1.24 bits per heavy atom. The Balaban J connectivity index is 3.32. The molecule has 0 aliphatic heterocycles. The molecule has 0 unspecified atom stereocenters. The molecular weight excluding hydrogens is 236 g/mol. The van der Waals surface area contributed by atoms with Gasteiger partial charge in [0.2, 0.25) is 5.91 Å². The van der Waals surface area contributed by atoms with Crippen LogP contribution in [0.25, 0.3) is 0 Å². The number of hydrogen-bond donors (Lipinski definition) is 2. The standard InChI is InChI=1S/C12H24N2O2S/c1-12(2,3)17-10-8-14-11(16)5-7-13-6-4-9-15/h9,13H,4-8,10H2,1-3H3,(H,14,16). The highest BCUT2D eigenvalue weighted by Gasteiger charge is 2.09. The van der Waals surface area contributed by atoms with Crippen LogP contribution in [0, 0.1) is 0 Å². The topological polar surface area (TPSA) is 58.2 Å². The Labute approximate surface area is 108 Å². The van der Waals surface area contributed by atoms with Gasteiger partial charge in [-0.1, -0.05) is 20.8 Å². The lowest BCUT2D eigenvalue weighted by molar-refractivity contribution is -0.120. The Morgan fingerprint density at radius 3 is 2.53 bits per heavy atom. The van der Waals surface area contributed by atoms with Gasteiger partial charge >= 0.3 is 0 Å². The van der Waals surface area contributed by atoms with Crippen molar-refractivity contribution in [3.8, 4) is 0 Å². The van der Waals surface area contributed by atoms with Gasteiger partial charge in [-0.15, -0.1) is 0 Å². The van der Waals surface area contributed by atoms with E-state index in [-0.39, 0.29) is 10.7 Å². The number of aldehydes is 1. The number of hydrogen-bond acceptors (Lipinski definition) is 4. The van der Waals surface area contributed by atoms with Crippen LogP contribution in [-0.4, -0.2) is 42.3 Å². The smallest absolute Gasteiger partial charge is 0.221 e. The van der Waals surface area contributed by atoms with Crippen LogP contribution in [0.3, 0.4) is 0 Å². The average Bonchev–Trinajstić information content (AvgIpc) is 2.23. The largest absolute Gasteiger partial charge is 0.355 e. The van der Waals surface area contributed by atoms with Crippen LogP contribution in [0.15, 0.2) is 0 Å². The van der Waals surface area contributed by atoms with E-state index in [0.717, 1.165) is 18.6 Å². The molecule has 5 heteroatoms. The second-order valence-electron chi connectivity index (χ2n) is 4.77. The van der Waals surface area contributed by atoms with Crippen LogP contribution in [0.1, 0.15) is 33.6 Å². The number of nitrogens with one attached hydrogen (secondary N) is 2. The first kappa shape index (κ1) is 16.4. The Kier molecular flexibility index (Phi) is 9.17. The maximum atomic E-state index is 11.4. The van der Waals surface area contributed by atoms with Crippen molar-refractivity contribution >= 4 is 24.0 Å². The SMILES string of the molecule is CC(C)(C)SCCNC(=O)CCNCCC=O. The van der Waals surface area contributed by atoms with Gasteiger partial charge in [-0.3, -0.25) is 4.79 Å². The first-order chi connectivity index (χ1) is 7.95. The molecule has 0 saturated carbocycles. The van der Waals surface area contributed by atoms with Crippen molar-refractivity contribution in [1.29, 1.82) is 0 Å². The lowest BCUT2D eigenvalue weighted by atomic mass is 10.3. The molecule has 0 spiro atoms. The molecule has 17 heavy (non-hydrogen) atoms. The molecular formula is C12H24N2O2S. The summed E-state index contributed by atoms with van der Waals surface area (Å²) in [5.41, 5.74) is 0. The lowest BCUT2D eigenvalue weighted by Gasteiger charge is -2.17. The van der Waals surface area contributed by atoms with E-state index in [1.54, 1.807) is 0 Å². The number of rotatable bonds is 9. The van der Waals surface area contributed by atoms with E-state index in [1.165, 1.54) is 0 Å². The highest BCUT2D eigenvalue weighted by molar-refractivity contribution is 8.00. The van der Waals surface area contributed by atoms with E-state index in [2.05, 4.69) is 31.4 Å². The van der Waals surface area contributed by atoms with Gasteiger partial charge in [-0.2, -0.15) is 11.8 Å². The summed E-state index contributed by atoms with van der Waals surface area (Å²) in [6.45, 7) is 8.49. The first-order valence-corrected chi connectivity index (χ1v) is 6.99. The van der Waals surface area contributed by atoms with Gasteiger partial charge in [0, 0.05) is 43.0 Å². The summed E-state index contributed by atoms with van der Waals surface area (Å²) in [6, 6.07) is 0. The van der Waals surface area contributed by atoms with Crippen molar-refractivity contribution in [1.82, 2.24) is 10.6 Å². The molecule has 100 valence electrons. The van der Waals surface area contributed by atoms with Crippen LogP contribution >= 0.6 is 11.8 Å². The number of carbonyl (C=O) groups is 2. The normalized spacial score (nSPS) is 11.2. The molecule has 0 aromatic carbocycles. The van der Waals surface area contributed by atoms with Gasteiger partial charge in [0.05, 0.1) is 0 Å². The summed E-state index contributed by atoms with van der Waals surface area (Å²) in [4.78, 5) is 21.4. The van der Waals surface area contributed by atoms with Crippen LogP contribution < -0.4 is 10.6 Å². The Morgan fingerprint density at radius 2 is 1.94 bits per heavy atom. The zero-order chi connectivity index (χ0) is 13.1. The van der Waals surface area contributed by atoms with Gasteiger partial charge in [-0.05, 0) is 0 Å². The van der Waals surface area contributed by atoms with E-state index < -0.39 is 0 Å². The lowest BCUT2D eigenvalue weighted by Crippen LogP contribution is -2.30. The van der Waals surface area contributed by atoms with Crippen LogP contribution in [0.4, 0.5) is 0 Å². The predicted molar refractivity (Wildman–Crippen MR) is 73.4 cm³/mol. The van der Waals surface area contributed by atoms with Crippen molar-refractivity contribution in [3.05, 3.63) is 0 Å². The molecule has 0 atom stereocenters. The van der Waals surface area contributed by atoms with Crippen molar-refractivity contribution in [2.45, 2.75) is 38.4 Å². The van der Waals surface area contributed by atoms with Crippen LogP contribution in [-0.2, 0) is 9.59 Å². The number of thioether (sulfide) groups is 1. The van der Waals surface area contributed by atoms with Gasteiger partial charge < -0.3 is 15.4 Å². The van der Waals surface area contributed by atoms with Crippen molar-refractivity contribution in [2.24, 2.45) is 0 Å². The van der Waals surface area contributed by atoms with E-state index in [4.69, 9.17) is 0 Å². The molecule has 0 aromatic rings. The van der Waals surface area contributed by atoms with Crippen LogP contribution in [0.2, 0.25) is 0 Å². The molecule has 0 heterocycles. The van der Waals surface area contributed by atoms with Gasteiger partial charge in [0.15, 0.2) is 0 Å². The zero-order valence-electron chi connectivity index (χ0n) is 11.0. The zero-order valence-corrected chi connectivity index (χ0v) is 11.9. The molecule has 0 rings (SSSR count). The number of amides is 1. The molecule has 0 radical (unpaired) electrons. The minimum absolute atomic E-state index is 0.0677. The minimum atomic E-state index is 0.0677. The van der Waals surface area contributed by atoms with E-state index in [9.17, 15) is 9.59 Å². The molecule has 4 nitrogen and oxygen atoms in total. The van der Waals surface area contributed by atoms with E-state index in [1.807, 2.05) is 11.8 Å². The van der Waals surface area contributed by atoms with Crippen molar-refractivity contribution in [3.63, 3.8) is 0 Å². The van der Waals surface area contributed by atoms with E-state index in [0.29, 0.717) is 25.9 Å². The second kappa shape index (κ2) is 9.48. The molecule has 0 saturated heterocycles. The van der Waals surface area contributed by atoms with Gasteiger partial charge in [-0.25, -0.2) is 0 Å². The summed E-state index contributed by atoms with van der Waals surface area (Å²) in [6.07, 6.45) is 1.85. The first-order valence-electron chi connectivity index (χ1n) is 6.01. The van der Waals surface area contributed by atoms with Gasteiger partial charge in [0.25, 0.3) is 0 Å². The quantitative estimate of drug-likeness (QED) is 0.483. The summed E-state index contributed by atoms with van der Waals surface area (Å²) in [5.74, 6) is 1.01. The Hall–Kier alpha value is -0.550. The highest BCUT2D eigenvalue weighted by atomic mass is 32.2. The molecule has 0 aliphatic rings. The van der Waals surface area contributed by atoms with Crippen molar-refractivity contribution in [2.75, 3.05) is 25.4 Å². The third-order valence-corrected chi connectivity index (χ3v) is 3.20. The van der Waals surface area contributed by atoms with Crippen molar-refractivity contribution < 1.29 is 9.59 Å². The summed E-state index contributed by atoms with van der Waals surface area (Å²) < 4.78 is 0.251. The summed E-state index contributed by atoms with van der Waals surface area (Å²) >= 11 is 1.84. The minimum Gasteiger partial charge on any atom is -0.355 e. The van der Waals surface area contributed by atoms with Gasteiger partial charge in [0.1, 0.15) is 6.29 Å². The molecule has 0 aromatic heterocycles. The maximum Gasteiger partial charge on any atom is 0.221 e. The fourth-order valence-electron chi connectivity index (χ4n) is 1.12. The fraction of sp³-hybridized carbons (Fsp3) is 0.833. The number of carbonyl (C=O) groups excluding carboxylic acids is 2. The molecule has 0 bridgehead atoms. The molecule has 1 amide bonds. The fourth-order valence-corrected chi connectivity index (χ4v) is 1.94. The highest BCUT2D eigenvalue weighted by Crippen LogP contribution is 2.21. The average molecular weight is 260 g/mol. The molecule has 2 N–H and O–H groups in total. The summed E-state index contributed by atoms with van der Waals surface area (Å²) in [7, 11) is 0. The summed E-state index contributed by atoms with van der Waals surface area (Å²) in [5, 5.41) is 5.91. The van der Waals surface area contributed by atoms with E-state index >= 15 is 0 Å². The third-order valence-electron chi connectivity index (χ3n) is 1.93. The monoisotopic (exact) mass is 260 g/mol. The maximum absolute atomic E-state index is 11.4. The second-order valence-corrected chi connectivity index (χ2v) is 6.69. The Bertz CT molecular complexity index is 227. The predicted octanol–water partition coefficient (Wildman–Crippen LogP) is 1.20.